The molecule has 0 spiro atoms. The maximum Gasteiger partial charge on any atom is 0.254 e. The maximum absolute atomic E-state index is 11.2. The molecule has 2 aliphatic rings. The van der Waals surface area contributed by atoms with Gasteiger partial charge in [0.2, 0.25) is 11.8 Å². The Morgan fingerprint density at radius 2 is 0.977 bits per heavy atom. The molecular formula is C34H34N4O4S. The van der Waals surface area contributed by atoms with Gasteiger partial charge in [-0.1, -0.05) is 120 Å². The number of nitrogens with zero attached hydrogens (tertiary/aromatic N) is 2. The smallest absolute Gasteiger partial charge is 0.254 e. The average molecular weight is 595 g/mol. The number of hydrogen-bond donors (Lipinski definition) is 4. The summed E-state index contributed by atoms with van der Waals surface area (Å²) in [5.41, 5.74) is 11.9. The monoisotopic (exact) mass is 594 g/mol. The standard InChI is InChI=1S/C34H34N4O4S/c1-23-13-17-27(18-14-23)29(39)31-35-37-33(41-31,21-25-9-5-3-6-10-25)43-34(22-26-11-7-4-8-12-26)38-36-32(42-34)30(40)28-19-15-24(2)16-20-28/h3-20,29-30,37-40H,21-22H2,1-2H3. The summed E-state index contributed by atoms with van der Waals surface area (Å²) in [5.74, 6) is 0.307. The van der Waals surface area contributed by atoms with E-state index in [0.29, 0.717) is 24.0 Å². The highest BCUT2D eigenvalue weighted by molar-refractivity contribution is 8.01. The van der Waals surface area contributed by atoms with Crippen molar-refractivity contribution in [2.45, 2.75) is 49.0 Å². The minimum absolute atomic E-state index is 0.154. The van der Waals surface area contributed by atoms with Crippen molar-refractivity contribution in [2.75, 3.05) is 0 Å². The van der Waals surface area contributed by atoms with Crippen LogP contribution in [0.15, 0.2) is 119 Å². The number of ether oxygens (including phenoxy) is 2. The number of thioether (sulfide) groups is 1. The summed E-state index contributed by atoms with van der Waals surface area (Å²) < 4.78 is 13.1. The van der Waals surface area contributed by atoms with Crippen molar-refractivity contribution in [3.8, 4) is 0 Å². The Morgan fingerprint density at radius 1 is 0.605 bits per heavy atom. The molecule has 0 amide bonds. The third-order valence-corrected chi connectivity index (χ3v) is 8.65. The Morgan fingerprint density at radius 3 is 1.35 bits per heavy atom. The molecule has 4 atom stereocenters. The topological polar surface area (TPSA) is 108 Å². The highest BCUT2D eigenvalue weighted by Gasteiger charge is 2.53. The predicted molar refractivity (Wildman–Crippen MR) is 169 cm³/mol. The second kappa shape index (κ2) is 12.1. The van der Waals surface area contributed by atoms with Gasteiger partial charge in [0.1, 0.15) is 0 Å². The Balaban J connectivity index is 1.31. The van der Waals surface area contributed by atoms with Crippen LogP contribution in [0.25, 0.3) is 0 Å². The molecule has 0 fully saturated rings. The molecule has 2 heterocycles. The molecule has 0 bridgehead atoms. The lowest BCUT2D eigenvalue weighted by molar-refractivity contribution is 0.0902. The summed E-state index contributed by atoms with van der Waals surface area (Å²) >= 11 is 1.32. The number of aliphatic hydroxyl groups excluding tert-OH is 2. The molecule has 9 heteroatoms. The number of aliphatic hydroxyl groups is 2. The van der Waals surface area contributed by atoms with E-state index in [2.05, 4.69) is 21.1 Å². The predicted octanol–water partition coefficient (Wildman–Crippen LogP) is 5.46. The molecule has 0 radical (unpaired) electrons. The third-order valence-electron chi connectivity index (χ3n) is 7.35. The second-order valence-electron chi connectivity index (χ2n) is 10.9. The SMILES string of the molecule is Cc1ccc(C(O)C2=NNC(Cc3ccccc3)(SC3(Cc4ccccc4)NN=C(C(O)c4ccc(C)cc4)O3)O2)cc1. The molecule has 2 aliphatic heterocycles. The molecule has 8 nitrogen and oxygen atoms in total. The van der Waals surface area contributed by atoms with Gasteiger partial charge in [-0.3, -0.25) is 10.9 Å². The highest BCUT2D eigenvalue weighted by atomic mass is 32.2. The minimum atomic E-state index is -1.18. The van der Waals surface area contributed by atoms with E-state index >= 15 is 0 Å². The van der Waals surface area contributed by atoms with Crippen LogP contribution >= 0.6 is 11.8 Å². The number of aryl methyl sites for hydroxylation is 2. The zero-order valence-electron chi connectivity index (χ0n) is 24.0. The summed E-state index contributed by atoms with van der Waals surface area (Å²) in [6.45, 7) is 3.99. The maximum atomic E-state index is 11.2. The van der Waals surface area contributed by atoms with Gasteiger partial charge < -0.3 is 19.7 Å². The first-order valence-electron chi connectivity index (χ1n) is 14.2. The summed E-state index contributed by atoms with van der Waals surface area (Å²) in [7, 11) is 0. The van der Waals surface area contributed by atoms with Crippen LogP contribution in [-0.4, -0.2) is 32.1 Å². The third kappa shape index (κ3) is 6.54. The van der Waals surface area contributed by atoms with Gasteiger partial charge in [-0.25, -0.2) is 0 Å². The van der Waals surface area contributed by atoms with E-state index in [9.17, 15) is 10.2 Å². The number of hydrogen-bond acceptors (Lipinski definition) is 9. The Labute approximate surface area is 255 Å². The Hall–Kier alpha value is -4.31. The molecule has 4 aromatic rings. The van der Waals surface area contributed by atoms with E-state index in [1.54, 1.807) is 0 Å². The lowest BCUT2D eigenvalue weighted by atomic mass is 10.1. The average Bonchev–Trinajstić information content (AvgIpc) is 3.62. The fourth-order valence-corrected chi connectivity index (χ4v) is 6.48. The van der Waals surface area contributed by atoms with Gasteiger partial charge in [-0.2, -0.15) is 0 Å². The molecule has 4 N–H and O–H groups in total. The van der Waals surface area contributed by atoms with Crippen molar-refractivity contribution < 1.29 is 19.7 Å². The lowest BCUT2D eigenvalue weighted by Gasteiger charge is -2.37. The zero-order chi connectivity index (χ0) is 29.9. The van der Waals surface area contributed by atoms with Gasteiger partial charge in [0.05, 0.1) is 0 Å². The molecule has 4 unspecified atom stereocenters. The molecular weight excluding hydrogens is 560 g/mol. The van der Waals surface area contributed by atoms with Crippen molar-refractivity contribution in [3.63, 3.8) is 0 Å². The van der Waals surface area contributed by atoms with Gasteiger partial charge in [0.25, 0.3) is 10.1 Å². The highest BCUT2D eigenvalue weighted by Crippen LogP contribution is 2.45. The molecule has 0 aliphatic carbocycles. The van der Waals surface area contributed by atoms with Crippen molar-refractivity contribution >= 4 is 23.6 Å². The Bertz CT molecular complexity index is 1480. The van der Waals surface area contributed by atoms with Crippen LogP contribution < -0.4 is 10.9 Å². The van der Waals surface area contributed by atoms with Crippen molar-refractivity contribution in [2.24, 2.45) is 10.2 Å². The van der Waals surface area contributed by atoms with E-state index in [-0.39, 0.29) is 11.8 Å². The van der Waals surface area contributed by atoms with E-state index < -0.39 is 22.3 Å². The van der Waals surface area contributed by atoms with E-state index in [0.717, 1.165) is 22.3 Å². The molecule has 6 rings (SSSR count). The molecule has 220 valence electrons. The number of benzene rings is 4. The van der Waals surface area contributed by atoms with Crippen LogP contribution in [-0.2, 0) is 22.3 Å². The molecule has 43 heavy (non-hydrogen) atoms. The van der Waals surface area contributed by atoms with Gasteiger partial charge in [0, 0.05) is 12.8 Å². The summed E-state index contributed by atoms with van der Waals surface area (Å²) in [5, 5.41) is 29.0. The molecule has 0 aromatic heterocycles. The molecule has 4 aromatic carbocycles. The van der Waals surface area contributed by atoms with Gasteiger partial charge in [-0.05, 0) is 47.9 Å². The normalized spacial score (nSPS) is 22.3. The number of nitrogens with one attached hydrogen (secondary N) is 2. The van der Waals surface area contributed by atoms with Crippen LogP contribution in [0, 0.1) is 13.8 Å². The van der Waals surface area contributed by atoms with Crippen LogP contribution in [0.3, 0.4) is 0 Å². The van der Waals surface area contributed by atoms with Gasteiger partial charge in [-0.15, -0.1) is 10.2 Å². The van der Waals surface area contributed by atoms with E-state index in [1.165, 1.54) is 11.8 Å². The van der Waals surface area contributed by atoms with Crippen molar-refractivity contribution in [3.05, 3.63) is 143 Å². The van der Waals surface area contributed by atoms with E-state index in [1.807, 2.05) is 123 Å². The lowest BCUT2D eigenvalue weighted by Crippen LogP contribution is -2.51. The second-order valence-corrected chi connectivity index (χ2v) is 12.4. The van der Waals surface area contributed by atoms with Gasteiger partial charge in [0.15, 0.2) is 12.2 Å². The van der Waals surface area contributed by atoms with Crippen LogP contribution in [0.1, 0.15) is 45.6 Å². The van der Waals surface area contributed by atoms with Crippen LogP contribution in [0.4, 0.5) is 0 Å². The van der Waals surface area contributed by atoms with Gasteiger partial charge >= 0.3 is 0 Å². The summed E-state index contributed by atoms with van der Waals surface area (Å²) in [6.07, 6.45) is -1.35. The quantitative estimate of drug-likeness (QED) is 0.193. The first-order chi connectivity index (χ1) is 20.8. The van der Waals surface area contributed by atoms with Crippen molar-refractivity contribution in [1.29, 1.82) is 0 Å². The number of hydrazone groups is 2. The zero-order valence-corrected chi connectivity index (χ0v) is 24.8. The summed E-state index contributed by atoms with van der Waals surface area (Å²) in [4.78, 5) is 0. The van der Waals surface area contributed by atoms with Crippen molar-refractivity contribution in [1.82, 2.24) is 10.9 Å². The fraction of sp³-hybridized carbons (Fsp3) is 0.235. The Kier molecular flexibility index (Phi) is 8.12. The fourth-order valence-electron chi connectivity index (χ4n) is 5.03. The van der Waals surface area contributed by atoms with E-state index in [4.69, 9.17) is 9.47 Å². The summed E-state index contributed by atoms with van der Waals surface area (Å²) in [6, 6.07) is 35.0. The first kappa shape index (κ1) is 28.8. The minimum Gasteiger partial charge on any atom is -0.439 e. The largest absolute Gasteiger partial charge is 0.439 e. The number of rotatable bonds is 10. The molecule has 0 saturated carbocycles. The van der Waals surface area contributed by atoms with Crippen LogP contribution in [0.5, 0.6) is 0 Å². The first-order valence-corrected chi connectivity index (χ1v) is 15.0. The molecule has 0 saturated heterocycles. The van der Waals surface area contributed by atoms with Crippen LogP contribution in [0.2, 0.25) is 0 Å².